The fourth-order valence-electron chi connectivity index (χ4n) is 8.77. The molecule has 7 heteroatoms. The highest BCUT2D eigenvalue weighted by molar-refractivity contribution is 5.44. The molecule has 4 aliphatic carbocycles. The molecule has 11 atom stereocenters. The van der Waals surface area contributed by atoms with Gasteiger partial charge in [0, 0.05) is 23.7 Å². The van der Waals surface area contributed by atoms with Gasteiger partial charge in [0.2, 0.25) is 0 Å². The van der Waals surface area contributed by atoms with Crippen molar-refractivity contribution < 1.29 is 35.4 Å². The number of hydrogen-bond donors (Lipinski definition) is 6. The topological polar surface area (TPSA) is 131 Å². The molecule has 5 rings (SSSR count). The lowest BCUT2D eigenvalue weighted by atomic mass is 9.41. The summed E-state index contributed by atoms with van der Waals surface area (Å²) in [6, 6.07) is 0. The standard InChI is InChI=1S/C20H32O7/c1-9-6-7-17(23)10(9)13-19(25)11-12(21)20(26,14(2,3)22)16(19,5)18(24,27-13)8-15(11,17)4/h9-13,21-26H,6-8H2,1-5H3/t9-,10+,11+,12-,13-,15-,16-,17-,18+,19-,20+/m1/s1. The molecule has 5 aliphatic rings. The maximum atomic E-state index is 12.1. The lowest BCUT2D eigenvalue weighted by Crippen LogP contribution is -2.78. The van der Waals surface area contributed by atoms with Gasteiger partial charge in [0.1, 0.15) is 11.2 Å². The predicted octanol–water partition coefficient (Wildman–Crippen LogP) is -0.495. The Kier molecular flexibility index (Phi) is 2.96. The van der Waals surface area contributed by atoms with Crippen molar-refractivity contribution in [3.63, 3.8) is 0 Å². The molecule has 0 aromatic carbocycles. The average Bonchev–Trinajstić information content (AvgIpc) is 2.90. The van der Waals surface area contributed by atoms with E-state index >= 15 is 0 Å². The molecule has 4 saturated carbocycles. The van der Waals surface area contributed by atoms with Crippen LogP contribution in [-0.2, 0) is 4.74 Å². The number of aliphatic hydroxyl groups is 6. The summed E-state index contributed by atoms with van der Waals surface area (Å²) in [5.41, 5.74) is -9.85. The first kappa shape index (κ1) is 18.7. The van der Waals surface area contributed by atoms with E-state index in [-0.39, 0.29) is 12.3 Å². The van der Waals surface area contributed by atoms with Gasteiger partial charge in [-0.15, -0.1) is 0 Å². The summed E-state index contributed by atoms with van der Waals surface area (Å²) in [5.74, 6) is -3.28. The van der Waals surface area contributed by atoms with Gasteiger partial charge in [-0.3, -0.25) is 0 Å². The number of fused-ring (bicyclic) bond motifs is 3. The summed E-state index contributed by atoms with van der Waals surface area (Å²) in [5, 5.41) is 69.6. The van der Waals surface area contributed by atoms with Gasteiger partial charge >= 0.3 is 0 Å². The van der Waals surface area contributed by atoms with Gasteiger partial charge in [0.15, 0.2) is 5.79 Å². The third kappa shape index (κ3) is 1.35. The Morgan fingerprint density at radius 3 is 2.22 bits per heavy atom. The van der Waals surface area contributed by atoms with Gasteiger partial charge in [-0.1, -0.05) is 13.8 Å². The SMILES string of the molecule is C[C@@H]1CC[C@@]2(O)[C@@H]1[C@H]1O[C@@]3(O)C[C@]2(C)[C@@H]2[C@@H](O)[C@](O)(C(C)(C)O)[C@@]3(C)[C@]12O. The number of ether oxygens (including phenoxy) is 1. The molecule has 154 valence electrons. The third-order valence-corrected chi connectivity index (χ3v) is 10.0. The quantitative estimate of drug-likeness (QED) is 0.359. The first-order valence-corrected chi connectivity index (χ1v) is 10.1. The van der Waals surface area contributed by atoms with Crippen LogP contribution in [0.5, 0.6) is 0 Å². The van der Waals surface area contributed by atoms with Crippen molar-refractivity contribution >= 4 is 0 Å². The zero-order valence-corrected chi connectivity index (χ0v) is 16.6. The van der Waals surface area contributed by atoms with E-state index in [0.29, 0.717) is 6.42 Å². The van der Waals surface area contributed by atoms with Gasteiger partial charge in [-0.25, -0.2) is 0 Å². The van der Waals surface area contributed by atoms with Gasteiger partial charge < -0.3 is 35.4 Å². The normalized spacial score (nSPS) is 69.2. The smallest absolute Gasteiger partial charge is 0.177 e. The number of hydrogen-bond acceptors (Lipinski definition) is 7. The van der Waals surface area contributed by atoms with E-state index in [1.54, 1.807) is 6.92 Å². The van der Waals surface area contributed by atoms with E-state index in [9.17, 15) is 30.6 Å². The lowest BCUT2D eigenvalue weighted by Gasteiger charge is -2.65. The monoisotopic (exact) mass is 384 g/mol. The van der Waals surface area contributed by atoms with Crippen LogP contribution in [-0.4, -0.2) is 71.0 Å². The molecule has 0 aromatic heterocycles. The highest BCUT2D eigenvalue weighted by Crippen LogP contribution is 2.84. The fraction of sp³-hybridized carbons (Fsp3) is 1.00. The Bertz CT molecular complexity index is 736. The van der Waals surface area contributed by atoms with E-state index in [2.05, 4.69) is 0 Å². The third-order valence-electron chi connectivity index (χ3n) is 10.0. The summed E-state index contributed by atoms with van der Waals surface area (Å²) in [4.78, 5) is 0. The summed E-state index contributed by atoms with van der Waals surface area (Å²) >= 11 is 0. The van der Waals surface area contributed by atoms with Crippen LogP contribution in [0.3, 0.4) is 0 Å². The Balaban J connectivity index is 1.88. The van der Waals surface area contributed by atoms with E-state index < -0.39 is 63.1 Å². The van der Waals surface area contributed by atoms with Crippen molar-refractivity contribution in [2.75, 3.05) is 0 Å². The van der Waals surface area contributed by atoms with Crippen molar-refractivity contribution in [2.45, 2.75) is 94.3 Å². The molecule has 1 aliphatic heterocycles. The second kappa shape index (κ2) is 4.26. The van der Waals surface area contributed by atoms with Crippen LogP contribution in [0.15, 0.2) is 0 Å². The number of rotatable bonds is 1. The Labute approximate surface area is 159 Å². The first-order chi connectivity index (χ1) is 12.1. The van der Waals surface area contributed by atoms with Crippen molar-refractivity contribution in [1.29, 1.82) is 0 Å². The van der Waals surface area contributed by atoms with Crippen LogP contribution >= 0.6 is 0 Å². The Morgan fingerprint density at radius 1 is 1.07 bits per heavy atom. The molecular formula is C20H32O7. The zero-order chi connectivity index (χ0) is 20.2. The molecule has 0 unspecified atom stereocenters. The van der Waals surface area contributed by atoms with Crippen molar-refractivity contribution in [3.05, 3.63) is 0 Å². The summed E-state index contributed by atoms with van der Waals surface area (Å²) < 4.78 is 6.12. The van der Waals surface area contributed by atoms with E-state index in [0.717, 1.165) is 6.42 Å². The van der Waals surface area contributed by atoms with Crippen LogP contribution in [0.4, 0.5) is 0 Å². The van der Waals surface area contributed by atoms with Gasteiger partial charge in [0.25, 0.3) is 0 Å². The van der Waals surface area contributed by atoms with Crippen molar-refractivity contribution in [2.24, 2.45) is 28.6 Å². The van der Waals surface area contributed by atoms with Gasteiger partial charge in [-0.2, -0.15) is 0 Å². The van der Waals surface area contributed by atoms with Crippen LogP contribution < -0.4 is 0 Å². The van der Waals surface area contributed by atoms with Crippen molar-refractivity contribution in [3.8, 4) is 0 Å². The molecule has 5 bridgehead atoms. The summed E-state index contributed by atoms with van der Waals surface area (Å²) in [6.45, 7) is 8.04. The van der Waals surface area contributed by atoms with Crippen molar-refractivity contribution in [1.82, 2.24) is 0 Å². The van der Waals surface area contributed by atoms with Crippen LogP contribution in [0.25, 0.3) is 0 Å². The molecule has 7 nitrogen and oxygen atoms in total. The molecule has 1 heterocycles. The molecular weight excluding hydrogens is 352 g/mol. The van der Waals surface area contributed by atoms with Gasteiger partial charge in [-0.05, 0) is 39.5 Å². The largest absolute Gasteiger partial charge is 0.390 e. The van der Waals surface area contributed by atoms with E-state index in [1.165, 1.54) is 20.8 Å². The number of aliphatic hydroxyl groups excluding tert-OH is 1. The molecule has 1 saturated heterocycles. The minimum absolute atomic E-state index is 0.0187. The highest BCUT2D eigenvalue weighted by Gasteiger charge is 2.98. The molecule has 0 aromatic rings. The van der Waals surface area contributed by atoms with Gasteiger partial charge in [0.05, 0.1) is 28.8 Å². The Hall–Kier alpha value is -0.280. The zero-order valence-electron chi connectivity index (χ0n) is 16.6. The minimum atomic E-state index is -2.22. The average molecular weight is 384 g/mol. The van der Waals surface area contributed by atoms with Crippen LogP contribution in [0.1, 0.15) is 53.9 Å². The molecule has 0 radical (unpaired) electrons. The predicted molar refractivity (Wildman–Crippen MR) is 93.2 cm³/mol. The van der Waals surface area contributed by atoms with E-state index in [1.807, 2.05) is 6.92 Å². The van der Waals surface area contributed by atoms with Crippen LogP contribution in [0, 0.1) is 28.6 Å². The molecule has 5 fully saturated rings. The molecule has 0 amide bonds. The highest BCUT2D eigenvalue weighted by atomic mass is 16.7. The molecule has 0 spiro atoms. The summed E-state index contributed by atoms with van der Waals surface area (Å²) in [7, 11) is 0. The first-order valence-electron chi connectivity index (χ1n) is 10.1. The maximum Gasteiger partial charge on any atom is 0.177 e. The molecule has 27 heavy (non-hydrogen) atoms. The lowest BCUT2D eigenvalue weighted by molar-refractivity contribution is -0.334. The van der Waals surface area contributed by atoms with Crippen LogP contribution in [0.2, 0.25) is 0 Å². The Morgan fingerprint density at radius 2 is 1.67 bits per heavy atom. The second-order valence-corrected chi connectivity index (χ2v) is 11.1. The van der Waals surface area contributed by atoms with E-state index in [4.69, 9.17) is 4.74 Å². The molecule has 6 N–H and O–H groups in total. The minimum Gasteiger partial charge on any atom is -0.390 e. The summed E-state index contributed by atoms with van der Waals surface area (Å²) in [6.07, 6.45) is -1.22. The maximum absolute atomic E-state index is 12.1. The second-order valence-electron chi connectivity index (χ2n) is 11.1. The fourth-order valence-corrected chi connectivity index (χ4v) is 8.77.